The van der Waals surface area contributed by atoms with Crippen LogP contribution in [-0.2, 0) is 11.0 Å². The first-order chi connectivity index (χ1) is 8.47. The summed E-state index contributed by atoms with van der Waals surface area (Å²) < 4.78 is 36.8. The normalized spacial score (nSPS) is 15.5. The quantitative estimate of drug-likeness (QED) is 0.812. The Morgan fingerprint density at radius 2 is 2.17 bits per heavy atom. The summed E-state index contributed by atoms with van der Waals surface area (Å²) in [5.41, 5.74) is -0.892. The van der Waals surface area contributed by atoms with Gasteiger partial charge >= 0.3 is 6.18 Å². The number of carbonyl (C=O) groups is 1. The van der Waals surface area contributed by atoms with E-state index in [2.05, 4.69) is 15.6 Å². The molecule has 100 valence electrons. The third-order valence-corrected chi connectivity index (χ3v) is 3.24. The Balaban J connectivity index is 1.70. The van der Waals surface area contributed by atoms with E-state index < -0.39 is 11.9 Å². The Hall–Kier alpha value is -1.31. The van der Waals surface area contributed by atoms with E-state index in [1.165, 1.54) is 0 Å². The highest BCUT2D eigenvalue weighted by molar-refractivity contribution is 7.13. The summed E-state index contributed by atoms with van der Waals surface area (Å²) in [6.45, 7) is 0.750. The van der Waals surface area contributed by atoms with Gasteiger partial charge < -0.3 is 10.6 Å². The van der Waals surface area contributed by atoms with Crippen LogP contribution >= 0.6 is 11.3 Å². The molecule has 0 radical (unpaired) electrons. The molecule has 0 aliphatic heterocycles. The number of alkyl halides is 3. The van der Waals surface area contributed by atoms with Crippen molar-refractivity contribution in [3.63, 3.8) is 0 Å². The molecular formula is C10H12F3N3OS. The number of nitrogens with one attached hydrogen (secondary N) is 2. The van der Waals surface area contributed by atoms with Crippen molar-refractivity contribution in [3.8, 4) is 0 Å². The van der Waals surface area contributed by atoms with Crippen molar-refractivity contribution < 1.29 is 18.0 Å². The van der Waals surface area contributed by atoms with E-state index in [-0.39, 0.29) is 17.0 Å². The number of carbonyl (C=O) groups excluding carboxylic acids is 1. The molecule has 1 amide bonds. The molecule has 1 aliphatic rings. The number of amides is 1. The molecule has 1 aromatic heterocycles. The number of aromatic nitrogens is 1. The van der Waals surface area contributed by atoms with Crippen LogP contribution in [0.3, 0.4) is 0 Å². The number of hydrogen-bond acceptors (Lipinski definition) is 4. The fourth-order valence-corrected chi connectivity index (χ4v) is 2.08. The fourth-order valence-electron chi connectivity index (χ4n) is 1.33. The molecule has 2 rings (SSSR count). The van der Waals surface area contributed by atoms with Crippen molar-refractivity contribution >= 4 is 22.4 Å². The highest BCUT2D eigenvalue weighted by Crippen LogP contribution is 2.31. The minimum atomic E-state index is -4.41. The lowest BCUT2D eigenvalue weighted by atomic mass is 10.4. The van der Waals surface area contributed by atoms with Gasteiger partial charge in [-0.2, -0.15) is 13.2 Å². The molecule has 0 atom stereocenters. The van der Waals surface area contributed by atoms with Gasteiger partial charge in [-0.05, 0) is 12.8 Å². The van der Waals surface area contributed by atoms with Gasteiger partial charge in [0.15, 0.2) is 10.8 Å². The van der Waals surface area contributed by atoms with Gasteiger partial charge in [-0.15, -0.1) is 11.3 Å². The Bertz CT molecular complexity index is 428. The van der Waals surface area contributed by atoms with Crippen LogP contribution in [0.5, 0.6) is 0 Å². The van der Waals surface area contributed by atoms with Gasteiger partial charge in [-0.3, -0.25) is 4.79 Å². The van der Waals surface area contributed by atoms with Crippen LogP contribution in [0.15, 0.2) is 5.38 Å². The average molecular weight is 279 g/mol. The molecule has 8 heteroatoms. The number of nitrogens with zero attached hydrogens (tertiary/aromatic N) is 1. The second kappa shape index (κ2) is 5.13. The summed E-state index contributed by atoms with van der Waals surface area (Å²) in [6, 6.07) is 0. The summed E-state index contributed by atoms with van der Waals surface area (Å²) in [7, 11) is 0. The predicted octanol–water partition coefficient (Wildman–Crippen LogP) is 2.10. The van der Waals surface area contributed by atoms with Crippen LogP contribution in [0.4, 0.5) is 18.3 Å². The maximum absolute atomic E-state index is 12.3. The average Bonchev–Trinajstić information content (AvgIpc) is 3.02. The van der Waals surface area contributed by atoms with Crippen LogP contribution in [0.1, 0.15) is 18.5 Å². The smallest absolute Gasteiger partial charge is 0.360 e. The molecule has 0 unspecified atom stereocenters. The largest absolute Gasteiger partial charge is 0.434 e. The van der Waals surface area contributed by atoms with E-state index in [1.807, 2.05) is 0 Å². The van der Waals surface area contributed by atoms with Crippen LogP contribution in [0, 0.1) is 5.92 Å². The van der Waals surface area contributed by atoms with Crippen molar-refractivity contribution in [1.29, 1.82) is 0 Å². The van der Waals surface area contributed by atoms with Gasteiger partial charge in [-0.25, -0.2) is 4.98 Å². The zero-order chi connectivity index (χ0) is 13.2. The van der Waals surface area contributed by atoms with Gasteiger partial charge in [0.2, 0.25) is 5.91 Å². The van der Waals surface area contributed by atoms with Gasteiger partial charge in [0.1, 0.15) is 0 Å². The summed E-state index contributed by atoms with van der Waals surface area (Å²) in [5.74, 6) is 0.161. The first kappa shape index (κ1) is 13.1. The van der Waals surface area contributed by atoms with Crippen LogP contribution in [-0.4, -0.2) is 24.0 Å². The molecule has 4 nitrogen and oxygen atoms in total. The highest BCUT2D eigenvalue weighted by atomic mass is 32.1. The zero-order valence-corrected chi connectivity index (χ0v) is 10.2. The number of thiazole rings is 1. The van der Waals surface area contributed by atoms with E-state index in [1.54, 1.807) is 0 Å². The second-order valence-electron chi connectivity index (χ2n) is 4.03. The third-order valence-electron chi connectivity index (χ3n) is 2.44. The number of hydrogen-bond donors (Lipinski definition) is 2. The molecule has 0 bridgehead atoms. The Labute approximate surface area is 106 Å². The number of rotatable bonds is 5. The van der Waals surface area contributed by atoms with E-state index in [0.717, 1.165) is 29.6 Å². The standard InChI is InChI=1S/C10H12F3N3OS/c11-10(12,13)7-5-18-9(16-7)15-4-3-14-8(17)6-1-2-6/h5-6H,1-4H2,(H,14,17)(H,15,16). The summed E-state index contributed by atoms with van der Waals surface area (Å²) >= 11 is 0.899. The maximum Gasteiger partial charge on any atom is 0.434 e. The molecular weight excluding hydrogens is 267 g/mol. The van der Waals surface area contributed by atoms with Crippen molar-refractivity contribution in [2.75, 3.05) is 18.4 Å². The van der Waals surface area contributed by atoms with E-state index in [4.69, 9.17) is 0 Å². The van der Waals surface area contributed by atoms with E-state index >= 15 is 0 Å². The van der Waals surface area contributed by atoms with Crippen molar-refractivity contribution in [3.05, 3.63) is 11.1 Å². The van der Waals surface area contributed by atoms with Gasteiger partial charge in [0, 0.05) is 24.4 Å². The molecule has 0 aromatic carbocycles. The number of halogens is 3. The van der Waals surface area contributed by atoms with Crippen molar-refractivity contribution in [1.82, 2.24) is 10.3 Å². The third kappa shape index (κ3) is 3.59. The SMILES string of the molecule is O=C(NCCNc1nc(C(F)(F)F)cs1)C1CC1. The molecule has 2 N–H and O–H groups in total. The Kier molecular flexibility index (Phi) is 3.74. The zero-order valence-electron chi connectivity index (χ0n) is 9.38. The first-order valence-electron chi connectivity index (χ1n) is 5.51. The lowest BCUT2D eigenvalue weighted by molar-refractivity contribution is -0.140. The molecule has 1 fully saturated rings. The summed E-state index contributed by atoms with van der Waals surface area (Å²) in [5, 5.41) is 6.62. The summed E-state index contributed by atoms with van der Waals surface area (Å²) in [6.07, 6.45) is -2.54. The summed E-state index contributed by atoms with van der Waals surface area (Å²) in [4.78, 5) is 14.7. The molecule has 1 saturated carbocycles. The van der Waals surface area contributed by atoms with Gasteiger partial charge in [0.05, 0.1) is 0 Å². The molecule has 1 aliphatic carbocycles. The monoisotopic (exact) mass is 279 g/mol. The maximum atomic E-state index is 12.3. The fraction of sp³-hybridized carbons (Fsp3) is 0.600. The molecule has 18 heavy (non-hydrogen) atoms. The van der Waals surface area contributed by atoms with Crippen molar-refractivity contribution in [2.45, 2.75) is 19.0 Å². The minimum Gasteiger partial charge on any atom is -0.360 e. The van der Waals surface area contributed by atoms with Crippen LogP contribution < -0.4 is 10.6 Å². The minimum absolute atomic E-state index is 0.0203. The predicted molar refractivity (Wildman–Crippen MR) is 61.3 cm³/mol. The van der Waals surface area contributed by atoms with Crippen molar-refractivity contribution in [2.24, 2.45) is 5.92 Å². The topological polar surface area (TPSA) is 54.0 Å². The highest BCUT2D eigenvalue weighted by Gasteiger charge is 2.33. The molecule has 1 heterocycles. The Morgan fingerprint density at radius 3 is 2.72 bits per heavy atom. The molecule has 0 saturated heterocycles. The second-order valence-corrected chi connectivity index (χ2v) is 4.89. The molecule has 0 spiro atoms. The molecule has 1 aromatic rings. The van der Waals surface area contributed by atoms with E-state index in [0.29, 0.717) is 13.1 Å². The Morgan fingerprint density at radius 1 is 1.44 bits per heavy atom. The van der Waals surface area contributed by atoms with E-state index in [9.17, 15) is 18.0 Å². The van der Waals surface area contributed by atoms with Crippen LogP contribution in [0.25, 0.3) is 0 Å². The lowest BCUT2D eigenvalue weighted by Gasteiger charge is -2.05. The first-order valence-corrected chi connectivity index (χ1v) is 6.39. The van der Waals surface area contributed by atoms with Gasteiger partial charge in [0.25, 0.3) is 0 Å². The number of anilines is 1. The van der Waals surface area contributed by atoms with Gasteiger partial charge in [-0.1, -0.05) is 0 Å². The lowest BCUT2D eigenvalue weighted by Crippen LogP contribution is -2.29. The van der Waals surface area contributed by atoms with Crippen LogP contribution in [0.2, 0.25) is 0 Å².